The average Bonchev–Trinajstić information content (AvgIpc) is 2.78. The second-order valence-electron chi connectivity index (χ2n) is 6.28. The summed E-state index contributed by atoms with van der Waals surface area (Å²) in [6.45, 7) is 2.09. The first-order valence-corrected chi connectivity index (χ1v) is 9.31. The number of carbonyl (C=O) groups excluding carboxylic acids is 1. The molecule has 1 unspecified atom stereocenters. The van der Waals surface area contributed by atoms with E-state index in [0.29, 0.717) is 12.3 Å². The van der Waals surface area contributed by atoms with Gasteiger partial charge in [-0.25, -0.2) is 0 Å². The van der Waals surface area contributed by atoms with Crippen LogP contribution in [0.25, 0.3) is 0 Å². The Morgan fingerprint density at radius 2 is 1.87 bits per heavy atom. The largest absolute Gasteiger partial charge is 0.493 e. The molecule has 1 aromatic heterocycles. The maximum Gasteiger partial charge on any atom is 0.286 e. The second-order valence-corrected chi connectivity index (χ2v) is 6.28. The van der Waals surface area contributed by atoms with Crippen molar-refractivity contribution in [2.45, 2.75) is 13.0 Å². The Labute approximate surface area is 173 Å². The number of methoxy groups -OCH3 is 1. The monoisotopic (exact) mass is 407 g/mol. The maximum absolute atomic E-state index is 13.1. The van der Waals surface area contributed by atoms with Crippen LogP contribution in [0.4, 0.5) is 5.69 Å². The van der Waals surface area contributed by atoms with Crippen molar-refractivity contribution < 1.29 is 19.2 Å². The SMILES string of the molecule is CCOc1cc(C(=O)NC(c2ccccc2)c2ccccn2)c([N+](=O)[O-])cc1OC. The molecule has 0 radical (unpaired) electrons. The van der Waals surface area contributed by atoms with Crippen LogP contribution in [-0.2, 0) is 0 Å². The van der Waals surface area contributed by atoms with Gasteiger partial charge in [0.05, 0.1) is 36.4 Å². The van der Waals surface area contributed by atoms with Crippen LogP contribution in [0.2, 0.25) is 0 Å². The van der Waals surface area contributed by atoms with Gasteiger partial charge in [-0.05, 0) is 24.6 Å². The first-order chi connectivity index (χ1) is 14.5. The standard InChI is InChI=1S/C22H21N3O5/c1-3-30-20-13-16(18(25(27)28)14-19(20)29-2)22(26)24-21(15-9-5-4-6-10-15)17-11-7-8-12-23-17/h4-14,21H,3H2,1-2H3,(H,24,26). The Morgan fingerprint density at radius 1 is 1.13 bits per heavy atom. The number of nitro benzene ring substituents is 1. The van der Waals surface area contributed by atoms with Gasteiger partial charge in [0.2, 0.25) is 0 Å². The van der Waals surface area contributed by atoms with Crippen LogP contribution in [0.5, 0.6) is 11.5 Å². The van der Waals surface area contributed by atoms with Gasteiger partial charge < -0.3 is 14.8 Å². The molecule has 0 saturated carbocycles. The Morgan fingerprint density at radius 3 is 2.47 bits per heavy atom. The lowest BCUT2D eigenvalue weighted by molar-refractivity contribution is -0.385. The molecule has 1 N–H and O–H groups in total. The number of amides is 1. The van der Waals surface area contributed by atoms with Crippen molar-refractivity contribution in [1.82, 2.24) is 10.3 Å². The minimum Gasteiger partial charge on any atom is -0.493 e. The average molecular weight is 407 g/mol. The minimum atomic E-state index is -0.621. The molecule has 0 bridgehead atoms. The number of nitro groups is 1. The number of nitrogens with one attached hydrogen (secondary N) is 1. The maximum atomic E-state index is 13.1. The third kappa shape index (κ3) is 4.54. The lowest BCUT2D eigenvalue weighted by atomic mass is 10.0. The predicted molar refractivity (Wildman–Crippen MR) is 111 cm³/mol. The molecule has 0 saturated heterocycles. The summed E-state index contributed by atoms with van der Waals surface area (Å²) in [5.41, 5.74) is 0.908. The number of hydrogen-bond donors (Lipinski definition) is 1. The molecule has 3 rings (SSSR count). The molecule has 1 amide bonds. The number of pyridine rings is 1. The van der Waals surface area contributed by atoms with Gasteiger partial charge in [0.15, 0.2) is 11.5 Å². The Balaban J connectivity index is 2.03. The lowest BCUT2D eigenvalue weighted by Crippen LogP contribution is -2.30. The Kier molecular flexibility index (Phi) is 6.59. The van der Waals surface area contributed by atoms with Gasteiger partial charge in [-0.15, -0.1) is 0 Å². The number of hydrogen-bond acceptors (Lipinski definition) is 6. The molecule has 0 aliphatic carbocycles. The molecule has 2 aromatic carbocycles. The molecule has 8 nitrogen and oxygen atoms in total. The molecule has 0 fully saturated rings. The smallest absolute Gasteiger partial charge is 0.286 e. The summed E-state index contributed by atoms with van der Waals surface area (Å²) < 4.78 is 10.7. The van der Waals surface area contributed by atoms with E-state index in [-0.39, 0.29) is 22.7 Å². The normalized spacial score (nSPS) is 11.4. The summed E-state index contributed by atoms with van der Waals surface area (Å²) in [7, 11) is 1.38. The van der Waals surface area contributed by atoms with E-state index in [1.165, 1.54) is 19.2 Å². The van der Waals surface area contributed by atoms with Crippen LogP contribution >= 0.6 is 0 Å². The van der Waals surface area contributed by atoms with Crippen molar-refractivity contribution in [3.05, 3.63) is 93.8 Å². The molecule has 1 heterocycles. The van der Waals surface area contributed by atoms with Gasteiger partial charge in [0, 0.05) is 12.3 Å². The topological polar surface area (TPSA) is 104 Å². The zero-order valence-electron chi connectivity index (χ0n) is 16.6. The molecular weight excluding hydrogens is 386 g/mol. The van der Waals surface area contributed by atoms with E-state index in [0.717, 1.165) is 5.56 Å². The van der Waals surface area contributed by atoms with Crippen molar-refractivity contribution in [2.24, 2.45) is 0 Å². The molecule has 0 aliphatic rings. The molecule has 154 valence electrons. The molecule has 3 aromatic rings. The quantitative estimate of drug-likeness (QED) is 0.448. The second kappa shape index (κ2) is 9.51. The summed E-state index contributed by atoms with van der Waals surface area (Å²) in [5, 5.41) is 14.5. The zero-order valence-corrected chi connectivity index (χ0v) is 16.6. The Hall–Kier alpha value is -3.94. The number of benzene rings is 2. The summed E-state index contributed by atoms with van der Waals surface area (Å²) >= 11 is 0. The fourth-order valence-electron chi connectivity index (χ4n) is 3.04. The van der Waals surface area contributed by atoms with Crippen LogP contribution in [-0.4, -0.2) is 29.5 Å². The highest BCUT2D eigenvalue weighted by molar-refractivity contribution is 5.99. The van der Waals surface area contributed by atoms with Crippen LogP contribution in [0, 0.1) is 10.1 Å². The molecule has 8 heteroatoms. The molecule has 0 spiro atoms. The summed E-state index contributed by atoms with van der Waals surface area (Å²) in [5.74, 6) is -0.181. The molecule has 0 aliphatic heterocycles. The summed E-state index contributed by atoms with van der Waals surface area (Å²) in [6, 6.07) is 16.6. The van der Waals surface area contributed by atoms with Crippen molar-refractivity contribution in [1.29, 1.82) is 0 Å². The van der Waals surface area contributed by atoms with Gasteiger partial charge in [0.25, 0.3) is 11.6 Å². The van der Waals surface area contributed by atoms with E-state index in [9.17, 15) is 14.9 Å². The van der Waals surface area contributed by atoms with E-state index in [4.69, 9.17) is 9.47 Å². The van der Waals surface area contributed by atoms with Crippen molar-refractivity contribution in [2.75, 3.05) is 13.7 Å². The number of carbonyl (C=O) groups is 1. The number of ether oxygens (including phenoxy) is 2. The van der Waals surface area contributed by atoms with E-state index in [1.807, 2.05) is 36.4 Å². The third-order valence-corrected chi connectivity index (χ3v) is 4.41. The van der Waals surface area contributed by atoms with Crippen molar-refractivity contribution in [3.63, 3.8) is 0 Å². The van der Waals surface area contributed by atoms with Crippen LogP contribution < -0.4 is 14.8 Å². The van der Waals surface area contributed by atoms with Crippen molar-refractivity contribution >= 4 is 11.6 Å². The number of aromatic nitrogens is 1. The Bertz CT molecular complexity index is 986. The van der Waals surface area contributed by atoms with Crippen LogP contribution in [0.15, 0.2) is 66.9 Å². The number of rotatable bonds is 8. The highest BCUT2D eigenvalue weighted by Crippen LogP contribution is 2.35. The van der Waals surface area contributed by atoms with E-state index in [2.05, 4.69) is 10.3 Å². The molecular formula is C22H21N3O5. The van der Waals surface area contributed by atoms with E-state index >= 15 is 0 Å². The highest BCUT2D eigenvalue weighted by Gasteiger charge is 2.27. The van der Waals surface area contributed by atoms with Gasteiger partial charge in [-0.2, -0.15) is 0 Å². The van der Waals surface area contributed by atoms with Crippen molar-refractivity contribution in [3.8, 4) is 11.5 Å². The van der Waals surface area contributed by atoms with Gasteiger partial charge in [0.1, 0.15) is 5.56 Å². The van der Waals surface area contributed by atoms with E-state index < -0.39 is 16.9 Å². The lowest BCUT2D eigenvalue weighted by Gasteiger charge is -2.19. The summed E-state index contributed by atoms with van der Waals surface area (Å²) in [4.78, 5) is 28.5. The first kappa shape index (κ1) is 20.8. The first-order valence-electron chi connectivity index (χ1n) is 9.31. The fraction of sp³-hybridized carbons (Fsp3) is 0.182. The minimum absolute atomic E-state index is 0.124. The fourth-order valence-corrected chi connectivity index (χ4v) is 3.04. The van der Waals surface area contributed by atoms with E-state index in [1.54, 1.807) is 25.3 Å². The van der Waals surface area contributed by atoms with Gasteiger partial charge in [-0.1, -0.05) is 36.4 Å². The highest BCUT2D eigenvalue weighted by atomic mass is 16.6. The summed E-state index contributed by atoms with van der Waals surface area (Å²) in [6.07, 6.45) is 1.63. The zero-order chi connectivity index (χ0) is 21.5. The predicted octanol–water partition coefficient (Wildman–Crippen LogP) is 3.92. The van der Waals surface area contributed by atoms with Crippen LogP contribution in [0.3, 0.4) is 0 Å². The molecule has 1 atom stereocenters. The van der Waals surface area contributed by atoms with Gasteiger partial charge in [-0.3, -0.25) is 19.9 Å². The molecule has 30 heavy (non-hydrogen) atoms. The van der Waals surface area contributed by atoms with Gasteiger partial charge >= 0.3 is 0 Å². The van der Waals surface area contributed by atoms with Crippen LogP contribution in [0.1, 0.15) is 34.6 Å². The number of nitrogens with zero attached hydrogens (tertiary/aromatic N) is 2. The third-order valence-electron chi connectivity index (χ3n) is 4.41.